The Bertz CT molecular complexity index is 889. The first kappa shape index (κ1) is 15.6. The van der Waals surface area contributed by atoms with E-state index in [9.17, 15) is 13.2 Å². The molecule has 3 rings (SSSR count). The van der Waals surface area contributed by atoms with Crippen LogP contribution in [0.25, 0.3) is 5.57 Å². The minimum atomic E-state index is -3.66. The lowest BCUT2D eigenvalue weighted by molar-refractivity contribution is -0.131. The number of carboxylic acid groups (broad SMARTS) is 1. The molecule has 0 amide bonds. The van der Waals surface area contributed by atoms with Crippen molar-refractivity contribution in [3.05, 3.63) is 59.4 Å². The van der Waals surface area contributed by atoms with Gasteiger partial charge in [-0.15, -0.1) is 0 Å². The molecular weight excluding hydrogens is 314 g/mol. The molecule has 0 aliphatic heterocycles. The number of hydrogen-bond donors (Lipinski definition) is 1. The van der Waals surface area contributed by atoms with Crippen LogP contribution in [0, 0.1) is 6.92 Å². The summed E-state index contributed by atoms with van der Waals surface area (Å²) in [5.41, 5.74) is 3.04. The first-order valence-electron chi connectivity index (χ1n) is 7.36. The molecule has 0 saturated heterocycles. The van der Waals surface area contributed by atoms with Crippen molar-refractivity contribution in [1.82, 2.24) is 3.97 Å². The van der Waals surface area contributed by atoms with E-state index in [1.807, 2.05) is 6.92 Å². The van der Waals surface area contributed by atoms with E-state index in [1.54, 1.807) is 30.3 Å². The van der Waals surface area contributed by atoms with Crippen molar-refractivity contribution in [3.8, 4) is 0 Å². The molecule has 0 saturated carbocycles. The van der Waals surface area contributed by atoms with E-state index in [0.29, 0.717) is 29.7 Å². The van der Waals surface area contributed by atoms with Crippen LogP contribution in [-0.2, 0) is 21.2 Å². The van der Waals surface area contributed by atoms with E-state index in [0.717, 1.165) is 12.0 Å². The van der Waals surface area contributed by atoms with Crippen LogP contribution in [0.2, 0.25) is 0 Å². The third-order valence-electron chi connectivity index (χ3n) is 4.03. The van der Waals surface area contributed by atoms with E-state index in [2.05, 4.69) is 0 Å². The molecule has 2 aromatic rings. The Morgan fingerprint density at radius 1 is 1.17 bits per heavy atom. The first-order valence-corrected chi connectivity index (χ1v) is 8.80. The average molecular weight is 331 g/mol. The van der Waals surface area contributed by atoms with Crippen LogP contribution in [0.5, 0.6) is 0 Å². The summed E-state index contributed by atoms with van der Waals surface area (Å²) in [7, 11) is -3.66. The summed E-state index contributed by atoms with van der Waals surface area (Å²) in [6.45, 7) is 1.90. The van der Waals surface area contributed by atoms with Crippen molar-refractivity contribution in [2.24, 2.45) is 0 Å². The maximum absolute atomic E-state index is 12.8. The van der Waals surface area contributed by atoms with Crippen molar-refractivity contribution < 1.29 is 18.3 Å². The lowest BCUT2D eigenvalue weighted by atomic mass is 9.92. The van der Waals surface area contributed by atoms with Crippen LogP contribution in [-0.4, -0.2) is 23.5 Å². The molecule has 1 aromatic carbocycles. The summed E-state index contributed by atoms with van der Waals surface area (Å²) in [6.07, 6.45) is 4.68. The zero-order valence-corrected chi connectivity index (χ0v) is 13.5. The van der Waals surface area contributed by atoms with Crippen LogP contribution in [0.1, 0.15) is 29.7 Å². The molecule has 1 heterocycles. The Morgan fingerprint density at radius 3 is 2.52 bits per heavy atom. The number of aryl methyl sites for hydroxylation is 1. The van der Waals surface area contributed by atoms with Crippen LogP contribution < -0.4 is 0 Å². The number of carboxylic acids is 1. The smallest absolute Gasteiger partial charge is 0.328 e. The number of rotatable bonds is 3. The molecule has 0 spiro atoms. The Hall–Kier alpha value is -2.34. The molecule has 0 bridgehead atoms. The molecule has 0 fully saturated rings. The summed E-state index contributed by atoms with van der Waals surface area (Å²) < 4.78 is 26.9. The lowest BCUT2D eigenvalue weighted by Crippen LogP contribution is -2.17. The van der Waals surface area contributed by atoms with E-state index in [-0.39, 0.29) is 4.90 Å². The molecule has 0 atom stereocenters. The highest BCUT2D eigenvalue weighted by molar-refractivity contribution is 7.90. The highest BCUT2D eigenvalue weighted by Crippen LogP contribution is 2.33. The van der Waals surface area contributed by atoms with Gasteiger partial charge in [0.2, 0.25) is 0 Å². The molecule has 5 nitrogen and oxygen atoms in total. The predicted octanol–water partition coefficient (Wildman–Crippen LogP) is 2.84. The quantitative estimate of drug-likeness (QED) is 0.878. The second-order valence-corrected chi connectivity index (χ2v) is 7.47. The minimum absolute atomic E-state index is 0.232. The summed E-state index contributed by atoms with van der Waals surface area (Å²) in [6, 6.07) is 8.40. The van der Waals surface area contributed by atoms with Gasteiger partial charge in [0.05, 0.1) is 4.90 Å². The Labute approximate surface area is 134 Å². The van der Waals surface area contributed by atoms with Crippen LogP contribution >= 0.6 is 0 Å². The molecule has 6 heteroatoms. The average Bonchev–Trinajstić information content (AvgIpc) is 2.93. The van der Waals surface area contributed by atoms with Gasteiger partial charge in [0.15, 0.2) is 0 Å². The zero-order valence-electron chi connectivity index (χ0n) is 12.7. The number of carbonyl (C=O) groups is 1. The Balaban J connectivity index is 2.10. The Kier molecular flexibility index (Phi) is 3.85. The van der Waals surface area contributed by atoms with Crippen LogP contribution in [0.15, 0.2) is 47.5 Å². The van der Waals surface area contributed by atoms with Gasteiger partial charge >= 0.3 is 5.97 Å². The number of aromatic nitrogens is 1. The summed E-state index contributed by atoms with van der Waals surface area (Å²) >= 11 is 0. The lowest BCUT2D eigenvalue weighted by Gasteiger charge is -2.18. The molecule has 23 heavy (non-hydrogen) atoms. The van der Waals surface area contributed by atoms with Gasteiger partial charge < -0.3 is 5.11 Å². The third-order valence-corrected chi connectivity index (χ3v) is 5.76. The topological polar surface area (TPSA) is 76.4 Å². The van der Waals surface area contributed by atoms with Crippen molar-refractivity contribution in [2.75, 3.05) is 0 Å². The van der Waals surface area contributed by atoms with Gasteiger partial charge in [0.1, 0.15) is 0 Å². The fourth-order valence-electron chi connectivity index (χ4n) is 2.91. The third kappa shape index (κ3) is 2.82. The zero-order chi connectivity index (χ0) is 16.6. The van der Waals surface area contributed by atoms with Crippen molar-refractivity contribution >= 4 is 21.6 Å². The molecular formula is C17H17NO4S. The monoisotopic (exact) mass is 331 g/mol. The fourth-order valence-corrected chi connectivity index (χ4v) is 4.32. The summed E-state index contributed by atoms with van der Waals surface area (Å²) in [5, 5.41) is 8.96. The number of nitrogens with zero attached hydrogens (tertiary/aromatic N) is 1. The standard InChI is InChI=1S/C17H17NO4S/c1-12-5-7-14(8-6-12)23(21,22)18-10-9-15-13(11-17(19)20)3-2-4-16(15)18/h5-11H,2-4H2,1H3,(H,19,20)/b13-11-. The van der Waals surface area contributed by atoms with Gasteiger partial charge in [0.25, 0.3) is 10.0 Å². The first-order chi connectivity index (χ1) is 10.9. The van der Waals surface area contributed by atoms with E-state index < -0.39 is 16.0 Å². The molecule has 0 radical (unpaired) electrons. The number of hydrogen-bond acceptors (Lipinski definition) is 3. The largest absolute Gasteiger partial charge is 0.478 e. The number of fused-ring (bicyclic) bond motifs is 1. The molecule has 0 unspecified atom stereocenters. The van der Waals surface area contributed by atoms with Crippen LogP contribution in [0.4, 0.5) is 0 Å². The van der Waals surface area contributed by atoms with Gasteiger partial charge in [0, 0.05) is 18.0 Å². The molecule has 1 aromatic heterocycles. The van der Waals surface area contributed by atoms with Gasteiger partial charge in [-0.05, 0) is 55.5 Å². The molecule has 1 aliphatic carbocycles. The predicted molar refractivity (Wildman–Crippen MR) is 86.7 cm³/mol. The number of aliphatic carboxylic acids is 1. The highest BCUT2D eigenvalue weighted by Gasteiger charge is 2.25. The second-order valence-electron chi connectivity index (χ2n) is 5.65. The highest BCUT2D eigenvalue weighted by atomic mass is 32.2. The van der Waals surface area contributed by atoms with E-state index in [1.165, 1.54) is 16.2 Å². The van der Waals surface area contributed by atoms with Crippen LogP contribution in [0.3, 0.4) is 0 Å². The second kappa shape index (κ2) is 5.70. The molecule has 1 N–H and O–H groups in total. The molecule has 120 valence electrons. The SMILES string of the molecule is Cc1ccc(S(=O)(=O)n2ccc3c2CCC/C3=C/C(=O)O)cc1. The van der Waals surface area contributed by atoms with Gasteiger partial charge in [-0.3, -0.25) is 0 Å². The number of benzene rings is 1. The minimum Gasteiger partial charge on any atom is -0.478 e. The maximum Gasteiger partial charge on any atom is 0.328 e. The van der Waals surface area contributed by atoms with Crippen molar-refractivity contribution in [3.63, 3.8) is 0 Å². The van der Waals surface area contributed by atoms with E-state index in [4.69, 9.17) is 5.11 Å². The van der Waals surface area contributed by atoms with Gasteiger partial charge in [-0.25, -0.2) is 17.2 Å². The number of allylic oxidation sites excluding steroid dienone is 1. The van der Waals surface area contributed by atoms with Crippen molar-refractivity contribution in [2.45, 2.75) is 31.1 Å². The maximum atomic E-state index is 12.8. The van der Waals surface area contributed by atoms with Gasteiger partial charge in [-0.2, -0.15) is 0 Å². The Morgan fingerprint density at radius 2 is 1.87 bits per heavy atom. The normalized spacial score (nSPS) is 16.3. The van der Waals surface area contributed by atoms with Gasteiger partial charge in [-0.1, -0.05) is 17.7 Å². The van der Waals surface area contributed by atoms with Crippen molar-refractivity contribution in [1.29, 1.82) is 0 Å². The van der Waals surface area contributed by atoms with E-state index >= 15 is 0 Å². The summed E-state index contributed by atoms with van der Waals surface area (Å²) in [4.78, 5) is 11.2. The molecule has 1 aliphatic rings. The summed E-state index contributed by atoms with van der Waals surface area (Å²) in [5.74, 6) is -1.01. The fraction of sp³-hybridized carbons (Fsp3) is 0.235.